The van der Waals surface area contributed by atoms with Crippen molar-refractivity contribution in [2.24, 2.45) is 0 Å². The molecule has 76 heavy (non-hydrogen) atoms. The van der Waals surface area contributed by atoms with Gasteiger partial charge in [-0.15, -0.1) is 0 Å². The third kappa shape index (κ3) is 11.6. The maximum absolute atomic E-state index is 15.0. The molecule has 0 heterocycles. The van der Waals surface area contributed by atoms with Crippen LogP contribution in [0.2, 0.25) is 0 Å². The van der Waals surface area contributed by atoms with Crippen molar-refractivity contribution >= 4 is 23.8 Å². The van der Waals surface area contributed by atoms with Gasteiger partial charge in [0, 0.05) is 50.7 Å². The molecule has 25 heteroatoms. The van der Waals surface area contributed by atoms with Crippen LogP contribution in [0.15, 0.2) is 146 Å². The highest BCUT2D eigenvalue weighted by atomic mass is 19.4. The molecular formula is C51H46F12N2O11. The smallest absolute Gasteiger partial charge is 0.432 e. The van der Waals surface area contributed by atoms with E-state index in [-0.39, 0.29) is 11.3 Å². The second-order valence-electron chi connectivity index (χ2n) is 16.2. The predicted molar refractivity (Wildman–Crippen MR) is 241 cm³/mol. The summed E-state index contributed by atoms with van der Waals surface area (Å²) in [5, 5.41) is 3.89. The zero-order chi connectivity index (χ0) is 56.4. The number of esters is 2. The maximum Gasteiger partial charge on any atom is 0.432 e. The minimum absolute atomic E-state index is 0.350. The molecule has 0 aliphatic rings. The van der Waals surface area contributed by atoms with Crippen molar-refractivity contribution in [3.63, 3.8) is 0 Å². The van der Waals surface area contributed by atoms with Crippen LogP contribution in [-0.4, -0.2) is 103 Å². The molecule has 0 radical (unpaired) electrons. The zero-order valence-electron chi connectivity index (χ0n) is 40.2. The van der Waals surface area contributed by atoms with Gasteiger partial charge in [0.1, 0.15) is 25.1 Å². The summed E-state index contributed by atoms with van der Waals surface area (Å²) in [6.07, 6.45) is -24.2. The number of ether oxygens (including phenoxy) is 7. The van der Waals surface area contributed by atoms with E-state index in [4.69, 9.17) is 33.2 Å². The first kappa shape index (κ1) is 59.7. The minimum Gasteiger partial charge on any atom is -0.491 e. The van der Waals surface area contributed by atoms with Crippen LogP contribution in [-0.2, 0) is 70.0 Å². The zero-order valence-corrected chi connectivity index (χ0v) is 40.2. The third-order valence-corrected chi connectivity index (χ3v) is 11.9. The first-order valence-electron chi connectivity index (χ1n) is 22.1. The molecule has 2 N–H and O–H groups in total. The molecular weight excluding hydrogens is 1040 g/mol. The van der Waals surface area contributed by atoms with E-state index in [2.05, 4.69) is 0 Å². The third-order valence-electron chi connectivity index (χ3n) is 11.9. The topological polar surface area (TPSA) is 157 Å². The van der Waals surface area contributed by atoms with Crippen LogP contribution in [0.1, 0.15) is 33.9 Å². The van der Waals surface area contributed by atoms with E-state index in [0.29, 0.717) is 28.4 Å². The van der Waals surface area contributed by atoms with Crippen LogP contribution < -0.4 is 15.4 Å². The summed E-state index contributed by atoms with van der Waals surface area (Å²) < 4.78 is 214. The second kappa shape index (κ2) is 23.8. The van der Waals surface area contributed by atoms with Gasteiger partial charge in [0.05, 0.1) is 12.6 Å². The molecule has 0 saturated carbocycles. The van der Waals surface area contributed by atoms with Crippen LogP contribution in [0.25, 0.3) is 0 Å². The van der Waals surface area contributed by atoms with E-state index in [1.165, 1.54) is 24.3 Å². The van der Waals surface area contributed by atoms with Crippen molar-refractivity contribution < 1.29 is 105 Å². The summed E-state index contributed by atoms with van der Waals surface area (Å²) in [4.78, 5) is 54.9. The Kier molecular flexibility index (Phi) is 18.7. The van der Waals surface area contributed by atoms with Crippen molar-refractivity contribution in [1.82, 2.24) is 10.6 Å². The Bertz CT molecular complexity index is 2720. The molecule has 0 aliphatic heterocycles. The van der Waals surface area contributed by atoms with Gasteiger partial charge >= 0.3 is 36.6 Å². The van der Waals surface area contributed by atoms with Crippen molar-refractivity contribution in [3.8, 4) is 5.75 Å². The normalized spacial score (nSPS) is 16.3. The highest BCUT2D eigenvalue weighted by Crippen LogP contribution is 2.47. The van der Waals surface area contributed by atoms with Crippen molar-refractivity contribution in [2.75, 3.05) is 48.2 Å². The number of amides is 2. The van der Waals surface area contributed by atoms with Gasteiger partial charge in [-0.05, 0) is 17.7 Å². The summed E-state index contributed by atoms with van der Waals surface area (Å²) >= 11 is 0. The fourth-order valence-electron chi connectivity index (χ4n) is 8.04. The van der Waals surface area contributed by atoms with E-state index in [1.807, 2.05) is 10.6 Å². The van der Waals surface area contributed by atoms with E-state index in [0.717, 1.165) is 121 Å². The number of benzene rings is 5. The van der Waals surface area contributed by atoms with Gasteiger partial charge in [-0.25, -0.2) is 9.59 Å². The molecule has 5 aromatic rings. The van der Waals surface area contributed by atoms with Crippen molar-refractivity contribution in [2.45, 2.75) is 59.3 Å². The summed E-state index contributed by atoms with van der Waals surface area (Å²) in [6, 6.07) is 23.5. The van der Waals surface area contributed by atoms with E-state index in [9.17, 15) is 71.9 Å². The summed E-state index contributed by atoms with van der Waals surface area (Å²) in [7, 11) is 2.19. The fourth-order valence-corrected chi connectivity index (χ4v) is 8.04. The molecule has 410 valence electrons. The lowest BCUT2D eigenvalue weighted by Crippen LogP contribution is -2.59. The standard InChI is InChI=1S/C51H46F12N2O11/c1-70-44(48(52,53)54,33-17-9-5-10-18-33)40(66)64-29-39(76-43(69)47(73-4,51(61,62)63)36-23-15-8-16-24-36)32-25-27-38(28-26-32)74-30-37(65-41(67)45(71-2,49(55,56)57)34-19-11-6-12-20-34)31-75-42(68)46(72-3,50(58,59)60)35-21-13-7-14-22-35/h5-28,37,39H,29-31H2,1-4H3,(H,64,66)(H,65,67)/t37-,39+,44+,45+,46+,47+/m1/s1. The van der Waals surface area contributed by atoms with Crippen LogP contribution in [0.3, 0.4) is 0 Å². The van der Waals surface area contributed by atoms with Crippen LogP contribution in [0.4, 0.5) is 52.7 Å². The molecule has 0 unspecified atom stereocenters. The molecule has 6 atom stereocenters. The lowest BCUT2D eigenvalue weighted by atomic mass is 9.91. The highest BCUT2D eigenvalue weighted by molar-refractivity contribution is 5.89. The summed E-state index contributed by atoms with van der Waals surface area (Å²) in [6.45, 7) is -3.56. The maximum atomic E-state index is 15.0. The van der Waals surface area contributed by atoms with E-state index in [1.54, 1.807) is 0 Å². The number of rotatable bonds is 22. The first-order chi connectivity index (χ1) is 35.7. The summed E-state index contributed by atoms with van der Waals surface area (Å²) in [5.74, 6) is -8.50. The predicted octanol–water partition coefficient (Wildman–Crippen LogP) is 9.21. The quantitative estimate of drug-likeness (QED) is 0.0503. The van der Waals surface area contributed by atoms with Crippen LogP contribution >= 0.6 is 0 Å². The molecule has 2 amide bonds. The number of carbonyl (C=O) groups excluding carboxylic acids is 4. The van der Waals surface area contributed by atoms with Gasteiger partial charge < -0.3 is 43.8 Å². The molecule has 0 fully saturated rings. The van der Waals surface area contributed by atoms with Gasteiger partial charge in [-0.1, -0.05) is 133 Å². The number of nitrogens with one attached hydrogen (secondary N) is 2. The monoisotopic (exact) mass is 1090 g/mol. The molecule has 13 nitrogen and oxygen atoms in total. The molecule has 5 aromatic carbocycles. The van der Waals surface area contributed by atoms with Gasteiger partial charge in [0.15, 0.2) is 0 Å². The lowest BCUT2D eigenvalue weighted by Gasteiger charge is -2.35. The Balaban J connectivity index is 1.53. The average Bonchev–Trinajstić information content (AvgIpc) is 3.37. The first-order valence-corrected chi connectivity index (χ1v) is 22.1. The number of alkyl halides is 12. The molecule has 5 rings (SSSR count). The Labute approximate surface area is 425 Å². The Morgan fingerprint density at radius 3 is 1.13 bits per heavy atom. The SMILES string of the molecule is CO[C@](C(=O)NC[C@H](OC(=O)[C@@](OC)(c1ccccc1)C(F)(F)F)c1ccc(OC[C@H](COC(=O)[C@@](OC)(c2ccccc2)C(F)(F)F)NC(=O)[C@@](OC)(c2ccccc2)C(F)(F)F)cc1)(c1ccccc1)C(F)(F)F. The van der Waals surface area contributed by atoms with Crippen molar-refractivity contribution in [1.29, 1.82) is 0 Å². The molecule has 0 spiro atoms. The lowest BCUT2D eigenvalue weighted by molar-refractivity contribution is -0.279. The number of carbonyl (C=O) groups is 4. The van der Waals surface area contributed by atoms with Crippen LogP contribution in [0.5, 0.6) is 5.75 Å². The highest BCUT2D eigenvalue weighted by Gasteiger charge is 2.67. The van der Waals surface area contributed by atoms with Gasteiger partial charge in [0.2, 0.25) is 0 Å². The number of methoxy groups -OCH3 is 4. The number of hydrogen-bond acceptors (Lipinski definition) is 11. The van der Waals surface area contributed by atoms with Gasteiger partial charge in [-0.3, -0.25) is 9.59 Å². The van der Waals surface area contributed by atoms with Crippen molar-refractivity contribution in [3.05, 3.63) is 173 Å². The average molecular weight is 1090 g/mol. The fraction of sp³-hybridized carbons (Fsp3) is 0.333. The van der Waals surface area contributed by atoms with Crippen LogP contribution in [0, 0.1) is 0 Å². The minimum atomic E-state index is -5.57. The van der Waals surface area contributed by atoms with Gasteiger partial charge in [-0.2, -0.15) is 52.7 Å². The Morgan fingerprint density at radius 2 is 0.776 bits per heavy atom. The van der Waals surface area contributed by atoms with Gasteiger partial charge in [0.25, 0.3) is 34.2 Å². The number of hydrogen-bond donors (Lipinski definition) is 2. The Hall–Kier alpha value is -7.22. The van der Waals surface area contributed by atoms with E-state index < -0.39 is 125 Å². The largest absolute Gasteiger partial charge is 0.491 e. The molecule has 0 bridgehead atoms. The summed E-state index contributed by atoms with van der Waals surface area (Å²) in [5.41, 5.74) is -18.6. The second-order valence-corrected chi connectivity index (χ2v) is 16.2. The Morgan fingerprint density at radius 1 is 0.434 bits per heavy atom. The van der Waals surface area contributed by atoms with E-state index >= 15 is 0 Å². The molecule has 0 aliphatic carbocycles. The number of halogens is 12. The molecule has 0 aromatic heterocycles. The molecule has 0 saturated heterocycles.